The van der Waals surface area contributed by atoms with Crippen molar-refractivity contribution in [1.82, 2.24) is 15.1 Å². The predicted molar refractivity (Wildman–Crippen MR) is 68.5 cm³/mol. The summed E-state index contributed by atoms with van der Waals surface area (Å²) in [5, 5.41) is 7.71. The third-order valence-electron chi connectivity index (χ3n) is 3.16. The summed E-state index contributed by atoms with van der Waals surface area (Å²) < 4.78 is 1.83. The lowest BCUT2D eigenvalue weighted by atomic mass is 10.1. The topological polar surface area (TPSA) is 29.9 Å². The Morgan fingerprint density at radius 1 is 1.24 bits per heavy atom. The number of hydrogen-bond donors (Lipinski definition) is 1. The molecule has 1 aliphatic rings. The highest BCUT2D eigenvalue weighted by molar-refractivity contribution is 5.61. The van der Waals surface area contributed by atoms with Crippen molar-refractivity contribution in [2.45, 2.75) is 25.4 Å². The van der Waals surface area contributed by atoms with Gasteiger partial charge in [-0.3, -0.25) is 4.68 Å². The zero-order valence-corrected chi connectivity index (χ0v) is 10.1. The van der Waals surface area contributed by atoms with E-state index < -0.39 is 0 Å². The molecule has 1 aromatic heterocycles. The molecule has 0 spiro atoms. The number of aryl methyl sites for hydroxylation is 1. The Morgan fingerprint density at radius 3 is 2.59 bits per heavy atom. The van der Waals surface area contributed by atoms with Crippen LogP contribution in [-0.2, 0) is 13.6 Å². The van der Waals surface area contributed by atoms with Crippen molar-refractivity contribution in [2.75, 3.05) is 0 Å². The molecule has 0 unspecified atom stereocenters. The molecule has 88 valence electrons. The maximum Gasteiger partial charge on any atom is 0.0568 e. The maximum atomic E-state index is 4.19. The second-order valence-electron chi connectivity index (χ2n) is 4.75. The highest BCUT2D eigenvalue weighted by Crippen LogP contribution is 2.21. The minimum absolute atomic E-state index is 0.771. The highest BCUT2D eigenvalue weighted by atomic mass is 15.2. The molecular weight excluding hydrogens is 210 g/mol. The summed E-state index contributed by atoms with van der Waals surface area (Å²) in [6.07, 6.45) is 6.62. The standard InChI is InChI=1S/C14H17N3/c1-17-10-13(9-16-17)12-4-2-11(3-5-12)8-15-14-6-7-14/h2-5,9-10,14-15H,6-8H2,1H3. The van der Waals surface area contributed by atoms with Crippen molar-refractivity contribution >= 4 is 0 Å². The summed E-state index contributed by atoms with van der Waals surface area (Å²) in [6.45, 7) is 0.984. The van der Waals surface area contributed by atoms with Crippen molar-refractivity contribution in [2.24, 2.45) is 7.05 Å². The van der Waals surface area contributed by atoms with Gasteiger partial charge in [-0.1, -0.05) is 24.3 Å². The van der Waals surface area contributed by atoms with Crippen LogP contribution in [0.15, 0.2) is 36.7 Å². The van der Waals surface area contributed by atoms with Gasteiger partial charge in [-0.2, -0.15) is 5.10 Å². The van der Waals surface area contributed by atoms with Gasteiger partial charge >= 0.3 is 0 Å². The van der Waals surface area contributed by atoms with Crippen LogP contribution in [0.1, 0.15) is 18.4 Å². The molecule has 0 atom stereocenters. The van der Waals surface area contributed by atoms with E-state index in [1.165, 1.54) is 29.5 Å². The van der Waals surface area contributed by atoms with Crippen molar-refractivity contribution in [3.05, 3.63) is 42.2 Å². The molecule has 1 fully saturated rings. The summed E-state index contributed by atoms with van der Waals surface area (Å²) in [5.74, 6) is 0. The fraction of sp³-hybridized carbons (Fsp3) is 0.357. The van der Waals surface area contributed by atoms with Crippen LogP contribution in [0.3, 0.4) is 0 Å². The molecule has 0 saturated heterocycles. The first-order chi connectivity index (χ1) is 8.31. The van der Waals surface area contributed by atoms with Gasteiger partial charge in [-0.15, -0.1) is 0 Å². The zero-order chi connectivity index (χ0) is 11.7. The second kappa shape index (κ2) is 4.34. The smallest absolute Gasteiger partial charge is 0.0568 e. The first kappa shape index (κ1) is 10.5. The summed E-state index contributed by atoms with van der Waals surface area (Å²) in [7, 11) is 1.94. The van der Waals surface area contributed by atoms with E-state index >= 15 is 0 Å². The van der Waals surface area contributed by atoms with Crippen molar-refractivity contribution < 1.29 is 0 Å². The van der Waals surface area contributed by atoms with Crippen LogP contribution >= 0.6 is 0 Å². The number of nitrogens with one attached hydrogen (secondary N) is 1. The molecule has 3 heteroatoms. The third kappa shape index (κ3) is 2.56. The lowest BCUT2D eigenvalue weighted by molar-refractivity contribution is 0.688. The van der Waals surface area contributed by atoms with Crippen LogP contribution in [0.25, 0.3) is 11.1 Å². The quantitative estimate of drug-likeness (QED) is 0.869. The molecule has 3 nitrogen and oxygen atoms in total. The van der Waals surface area contributed by atoms with E-state index in [-0.39, 0.29) is 0 Å². The number of hydrogen-bond acceptors (Lipinski definition) is 2. The van der Waals surface area contributed by atoms with E-state index in [2.05, 4.69) is 34.7 Å². The fourth-order valence-corrected chi connectivity index (χ4v) is 1.93. The van der Waals surface area contributed by atoms with Crippen molar-refractivity contribution in [3.63, 3.8) is 0 Å². The normalized spacial score (nSPS) is 15.1. The Balaban J connectivity index is 1.70. The van der Waals surface area contributed by atoms with Gasteiger partial charge in [0.05, 0.1) is 6.20 Å². The van der Waals surface area contributed by atoms with Gasteiger partial charge in [0.15, 0.2) is 0 Å². The van der Waals surface area contributed by atoms with Crippen molar-refractivity contribution in [3.8, 4) is 11.1 Å². The molecule has 1 aromatic carbocycles. The fourth-order valence-electron chi connectivity index (χ4n) is 1.93. The SMILES string of the molecule is Cn1cc(-c2ccc(CNC3CC3)cc2)cn1. The minimum atomic E-state index is 0.771. The maximum absolute atomic E-state index is 4.19. The molecular formula is C14H17N3. The molecule has 1 saturated carbocycles. The van der Waals surface area contributed by atoms with Crippen LogP contribution in [0, 0.1) is 0 Å². The van der Waals surface area contributed by atoms with Gasteiger partial charge in [0.2, 0.25) is 0 Å². The monoisotopic (exact) mass is 227 g/mol. The molecule has 3 rings (SSSR count). The lowest BCUT2D eigenvalue weighted by Crippen LogP contribution is -2.14. The van der Waals surface area contributed by atoms with Crippen LogP contribution < -0.4 is 5.32 Å². The van der Waals surface area contributed by atoms with Crippen LogP contribution in [-0.4, -0.2) is 15.8 Å². The Kier molecular flexibility index (Phi) is 2.69. The van der Waals surface area contributed by atoms with Gasteiger partial charge in [-0.05, 0) is 24.0 Å². The van der Waals surface area contributed by atoms with Gasteiger partial charge in [0, 0.05) is 31.4 Å². The highest BCUT2D eigenvalue weighted by Gasteiger charge is 2.19. The Morgan fingerprint density at radius 2 is 2.00 bits per heavy atom. The second-order valence-corrected chi connectivity index (χ2v) is 4.75. The molecule has 0 radical (unpaired) electrons. The first-order valence-electron chi connectivity index (χ1n) is 6.12. The van der Waals surface area contributed by atoms with E-state index in [9.17, 15) is 0 Å². The number of nitrogens with zero attached hydrogens (tertiary/aromatic N) is 2. The van der Waals surface area contributed by atoms with E-state index in [1.807, 2.05) is 24.1 Å². The number of benzene rings is 1. The van der Waals surface area contributed by atoms with Crippen molar-refractivity contribution in [1.29, 1.82) is 0 Å². The molecule has 2 aromatic rings. The Labute approximate surface area is 101 Å². The van der Waals surface area contributed by atoms with Crippen LogP contribution in [0.2, 0.25) is 0 Å². The molecule has 0 aliphatic heterocycles. The molecule has 1 aliphatic carbocycles. The first-order valence-corrected chi connectivity index (χ1v) is 6.12. The summed E-state index contributed by atoms with van der Waals surface area (Å²) >= 11 is 0. The summed E-state index contributed by atoms with van der Waals surface area (Å²) in [4.78, 5) is 0. The van der Waals surface area contributed by atoms with Crippen LogP contribution in [0.5, 0.6) is 0 Å². The number of rotatable bonds is 4. The third-order valence-corrected chi connectivity index (χ3v) is 3.16. The summed E-state index contributed by atoms with van der Waals surface area (Å²) in [6, 6.07) is 9.49. The Hall–Kier alpha value is -1.61. The molecule has 17 heavy (non-hydrogen) atoms. The van der Waals surface area contributed by atoms with Gasteiger partial charge in [0.1, 0.15) is 0 Å². The minimum Gasteiger partial charge on any atom is -0.310 e. The van der Waals surface area contributed by atoms with Crippen LogP contribution in [0.4, 0.5) is 0 Å². The molecule has 0 amide bonds. The predicted octanol–water partition coefficient (Wildman–Crippen LogP) is 2.34. The van der Waals surface area contributed by atoms with E-state index in [0.29, 0.717) is 0 Å². The zero-order valence-electron chi connectivity index (χ0n) is 10.1. The number of aromatic nitrogens is 2. The van der Waals surface area contributed by atoms with Gasteiger partial charge in [-0.25, -0.2) is 0 Å². The lowest BCUT2D eigenvalue weighted by Gasteiger charge is -2.04. The van der Waals surface area contributed by atoms with E-state index in [0.717, 1.165) is 12.6 Å². The van der Waals surface area contributed by atoms with E-state index in [4.69, 9.17) is 0 Å². The summed E-state index contributed by atoms with van der Waals surface area (Å²) in [5.41, 5.74) is 3.76. The largest absolute Gasteiger partial charge is 0.310 e. The average Bonchev–Trinajstić information content (AvgIpc) is 3.09. The van der Waals surface area contributed by atoms with E-state index in [1.54, 1.807) is 0 Å². The average molecular weight is 227 g/mol. The molecule has 0 bridgehead atoms. The molecule has 1 heterocycles. The molecule has 1 N–H and O–H groups in total. The Bertz CT molecular complexity index is 494. The van der Waals surface area contributed by atoms with Gasteiger partial charge in [0.25, 0.3) is 0 Å². The van der Waals surface area contributed by atoms with Gasteiger partial charge < -0.3 is 5.32 Å².